The van der Waals surface area contributed by atoms with E-state index in [2.05, 4.69) is 0 Å². The molecule has 0 bridgehead atoms. The molecule has 2 unspecified atom stereocenters. The number of methoxy groups -OCH3 is 2. The van der Waals surface area contributed by atoms with E-state index in [1.807, 2.05) is 23.1 Å². The fourth-order valence-corrected chi connectivity index (χ4v) is 4.09. The van der Waals surface area contributed by atoms with E-state index in [9.17, 15) is 9.59 Å². The molecule has 7 nitrogen and oxygen atoms in total. The fraction of sp³-hybridized carbons (Fsp3) is 0.429. The number of carbonyl (C=O) groups excluding carboxylic acids is 2. The topological polar surface area (TPSA) is 72.2 Å². The molecular weight excluding hydrogens is 360 g/mol. The smallest absolute Gasteiger partial charge is 0.228 e. The number of hydrogen-bond acceptors (Lipinski definition) is 5. The van der Waals surface area contributed by atoms with Crippen LogP contribution in [0.2, 0.25) is 0 Å². The van der Waals surface area contributed by atoms with Gasteiger partial charge in [0, 0.05) is 43.7 Å². The summed E-state index contributed by atoms with van der Waals surface area (Å²) in [5, 5.41) is 0. The zero-order valence-electron chi connectivity index (χ0n) is 16.1. The van der Waals surface area contributed by atoms with Crippen LogP contribution in [0, 0.1) is 5.92 Å². The Kier molecular flexibility index (Phi) is 4.98. The Balaban J connectivity index is 1.44. The molecule has 2 atom stereocenters. The molecule has 2 aromatic rings. The highest BCUT2D eigenvalue weighted by molar-refractivity contribution is 6.00. The molecule has 4 rings (SSSR count). The summed E-state index contributed by atoms with van der Waals surface area (Å²) in [5.74, 6) is 1.99. The maximum atomic E-state index is 13.0. The van der Waals surface area contributed by atoms with Crippen molar-refractivity contribution in [3.63, 3.8) is 0 Å². The molecule has 1 aromatic heterocycles. The van der Waals surface area contributed by atoms with Crippen molar-refractivity contribution in [1.82, 2.24) is 4.90 Å². The third-order valence-electron chi connectivity index (χ3n) is 5.60. The molecule has 1 aromatic carbocycles. The predicted octanol–water partition coefficient (Wildman–Crippen LogP) is 2.67. The summed E-state index contributed by atoms with van der Waals surface area (Å²) < 4.78 is 16.1. The molecule has 0 radical (unpaired) electrons. The van der Waals surface area contributed by atoms with Crippen molar-refractivity contribution in [1.29, 1.82) is 0 Å². The number of carbonyl (C=O) groups is 2. The Morgan fingerprint density at radius 2 is 1.96 bits per heavy atom. The third kappa shape index (κ3) is 3.32. The van der Waals surface area contributed by atoms with E-state index in [-0.39, 0.29) is 30.1 Å². The molecule has 2 fully saturated rings. The molecule has 2 aliphatic heterocycles. The minimum absolute atomic E-state index is 0.0467. The highest BCUT2D eigenvalue weighted by Crippen LogP contribution is 2.35. The van der Waals surface area contributed by atoms with Crippen LogP contribution < -0.4 is 14.4 Å². The number of anilines is 1. The summed E-state index contributed by atoms with van der Waals surface area (Å²) in [4.78, 5) is 29.1. The molecule has 0 aliphatic carbocycles. The first-order valence-corrected chi connectivity index (χ1v) is 9.45. The maximum Gasteiger partial charge on any atom is 0.228 e. The number of furan rings is 1. The van der Waals surface area contributed by atoms with Gasteiger partial charge in [-0.2, -0.15) is 0 Å². The van der Waals surface area contributed by atoms with Gasteiger partial charge in [0.2, 0.25) is 11.8 Å². The first-order valence-electron chi connectivity index (χ1n) is 9.45. The Morgan fingerprint density at radius 3 is 2.68 bits per heavy atom. The Labute approximate surface area is 163 Å². The van der Waals surface area contributed by atoms with Gasteiger partial charge in [-0.25, -0.2) is 0 Å². The Hall–Kier alpha value is -2.96. The number of ether oxygens (including phenoxy) is 2. The zero-order valence-corrected chi connectivity index (χ0v) is 16.1. The van der Waals surface area contributed by atoms with Crippen molar-refractivity contribution in [3.05, 3.63) is 42.4 Å². The quantitative estimate of drug-likeness (QED) is 0.793. The number of hydrogen-bond donors (Lipinski definition) is 0. The van der Waals surface area contributed by atoms with Crippen molar-refractivity contribution in [3.8, 4) is 11.5 Å². The highest BCUT2D eigenvalue weighted by atomic mass is 16.5. The van der Waals surface area contributed by atoms with Crippen LogP contribution in [0.1, 0.15) is 24.5 Å². The first-order chi connectivity index (χ1) is 13.6. The molecule has 7 heteroatoms. The van der Waals surface area contributed by atoms with Gasteiger partial charge in [0.15, 0.2) is 11.5 Å². The first kappa shape index (κ1) is 18.4. The molecule has 148 valence electrons. The van der Waals surface area contributed by atoms with E-state index in [1.54, 1.807) is 37.5 Å². The van der Waals surface area contributed by atoms with Gasteiger partial charge in [0.1, 0.15) is 5.76 Å². The van der Waals surface area contributed by atoms with Crippen molar-refractivity contribution < 1.29 is 23.5 Å². The normalized spacial score (nSPS) is 22.0. The van der Waals surface area contributed by atoms with Crippen LogP contribution in [-0.4, -0.2) is 50.6 Å². The molecule has 3 heterocycles. The summed E-state index contributed by atoms with van der Waals surface area (Å²) in [6.07, 6.45) is 2.78. The lowest BCUT2D eigenvalue weighted by Crippen LogP contribution is -2.35. The summed E-state index contributed by atoms with van der Waals surface area (Å²) >= 11 is 0. The standard InChI is InChI=1S/C21H24N2O5/c1-26-18-6-5-16(11-19(18)27-2)23-13-15(10-20(23)24)21(25)22-8-7-14(12-22)17-4-3-9-28-17/h3-6,9,11,14-15H,7-8,10,12-13H2,1-2H3. The van der Waals surface area contributed by atoms with Crippen LogP contribution in [0.5, 0.6) is 11.5 Å². The monoisotopic (exact) mass is 384 g/mol. The van der Waals surface area contributed by atoms with Gasteiger partial charge in [-0.15, -0.1) is 0 Å². The van der Waals surface area contributed by atoms with Crippen LogP contribution in [0.15, 0.2) is 41.0 Å². The van der Waals surface area contributed by atoms with Crippen LogP contribution >= 0.6 is 0 Å². The van der Waals surface area contributed by atoms with E-state index < -0.39 is 0 Å². The van der Waals surface area contributed by atoms with Crippen LogP contribution in [0.4, 0.5) is 5.69 Å². The van der Waals surface area contributed by atoms with Gasteiger partial charge in [0.25, 0.3) is 0 Å². The van der Waals surface area contributed by atoms with Crippen molar-refractivity contribution >= 4 is 17.5 Å². The minimum atomic E-state index is -0.323. The van der Waals surface area contributed by atoms with Crippen LogP contribution in [-0.2, 0) is 9.59 Å². The number of likely N-dealkylation sites (tertiary alicyclic amines) is 1. The lowest BCUT2D eigenvalue weighted by Gasteiger charge is -2.21. The van der Waals surface area contributed by atoms with E-state index in [1.165, 1.54) is 0 Å². The van der Waals surface area contributed by atoms with Gasteiger partial charge >= 0.3 is 0 Å². The largest absolute Gasteiger partial charge is 0.493 e. The second kappa shape index (κ2) is 7.58. The predicted molar refractivity (Wildman–Crippen MR) is 103 cm³/mol. The number of rotatable bonds is 5. The summed E-state index contributed by atoms with van der Waals surface area (Å²) in [7, 11) is 3.13. The average molecular weight is 384 g/mol. The second-order valence-electron chi connectivity index (χ2n) is 7.23. The molecular formula is C21H24N2O5. The van der Waals surface area contributed by atoms with Crippen molar-refractivity contribution in [2.75, 3.05) is 38.8 Å². The molecule has 2 amide bonds. The highest BCUT2D eigenvalue weighted by Gasteiger charge is 2.39. The van der Waals surface area contributed by atoms with Crippen LogP contribution in [0.3, 0.4) is 0 Å². The third-order valence-corrected chi connectivity index (χ3v) is 5.60. The summed E-state index contributed by atoms with van der Waals surface area (Å²) in [6.45, 7) is 1.73. The SMILES string of the molecule is COc1ccc(N2CC(C(=O)N3CCC(c4ccco4)C3)CC2=O)cc1OC. The van der Waals surface area contributed by atoms with Gasteiger partial charge in [-0.3, -0.25) is 9.59 Å². The van der Waals surface area contributed by atoms with Crippen LogP contribution in [0.25, 0.3) is 0 Å². The number of nitrogens with zero attached hydrogens (tertiary/aromatic N) is 2. The van der Waals surface area contributed by atoms with E-state index in [0.29, 0.717) is 36.8 Å². The van der Waals surface area contributed by atoms with Crippen molar-refractivity contribution in [2.45, 2.75) is 18.8 Å². The Bertz CT molecular complexity index is 864. The molecule has 0 spiro atoms. The second-order valence-corrected chi connectivity index (χ2v) is 7.23. The van der Waals surface area contributed by atoms with Gasteiger partial charge in [0.05, 0.1) is 26.4 Å². The number of amides is 2. The number of benzene rings is 1. The fourth-order valence-electron chi connectivity index (χ4n) is 4.09. The summed E-state index contributed by atoms with van der Waals surface area (Å²) in [5.41, 5.74) is 0.716. The molecule has 0 saturated carbocycles. The Morgan fingerprint density at radius 1 is 1.14 bits per heavy atom. The van der Waals surface area contributed by atoms with Gasteiger partial charge < -0.3 is 23.7 Å². The lowest BCUT2D eigenvalue weighted by atomic mass is 10.1. The van der Waals surface area contributed by atoms with Gasteiger partial charge in [-0.05, 0) is 30.7 Å². The van der Waals surface area contributed by atoms with Crippen molar-refractivity contribution in [2.24, 2.45) is 5.92 Å². The summed E-state index contributed by atoms with van der Waals surface area (Å²) in [6, 6.07) is 9.18. The minimum Gasteiger partial charge on any atom is -0.493 e. The molecule has 28 heavy (non-hydrogen) atoms. The molecule has 2 saturated heterocycles. The van der Waals surface area contributed by atoms with E-state index >= 15 is 0 Å². The molecule has 0 N–H and O–H groups in total. The molecule has 2 aliphatic rings. The average Bonchev–Trinajstić information content (AvgIpc) is 3.46. The van der Waals surface area contributed by atoms with E-state index in [4.69, 9.17) is 13.9 Å². The zero-order chi connectivity index (χ0) is 19.7. The van der Waals surface area contributed by atoms with E-state index in [0.717, 1.165) is 12.2 Å². The maximum absolute atomic E-state index is 13.0. The van der Waals surface area contributed by atoms with Gasteiger partial charge in [-0.1, -0.05) is 0 Å². The lowest BCUT2D eigenvalue weighted by molar-refractivity contribution is -0.134.